The molecule has 0 amide bonds. The van der Waals surface area contributed by atoms with Crippen molar-refractivity contribution >= 4 is 173 Å². The van der Waals surface area contributed by atoms with Gasteiger partial charge in [0.2, 0.25) is 0 Å². The topological polar surface area (TPSA) is 223 Å². The molecule has 0 spiro atoms. The molecule has 0 saturated carbocycles. The molecular formula is C92H81BBr6I2KN3O8. The van der Waals surface area contributed by atoms with Crippen LogP contribution in [-0.2, 0) is 42.3 Å². The van der Waals surface area contributed by atoms with E-state index in [1.165, 1.54) is 189 Å². The van der Waals surface area contributed by atoms with E-state index >= 15 is 0 Å². The van der Waals surface area contributed by atoms with Crippen molar-refractivity contribution in [1.29, 1.82) is 0 Å². The number of rotatable bonds is 2. The van der Waals surface area contributed by atoms with Crippen LogP contribution in [0.25, 0.3) is 66.8 Å². The van der Waals surface area contributed by atoms with Crippen LogP contribution >= 0.6 is 137 Å². The minimum Gasteiger partial charge on any atom is -0.870 e. The number of hydrogen-bond donors (Lipinski definition) is 6. The predicted octanol–water partition coefficient (Wildman–Crippen LogP) is 22.2. The number of aliphatic hydroxyl groups excluding tert-OH is 1. The maximum absolute atomic E-state index is 10.3. The molecule has 6 aliphatic carbocycles. The number of fused-ring (bicyclic) bond motifs is 18. The van der Waals surface area contributed by atoms with E-state index in [4.69, 9.17) is 36.5 Å². The van der Waals surface area contributed by atoms with Crippen molar-refractivity contribution in [3.8, 4) is 66.8 Å². The maximum atomic E-state index is 10.3. The average Bonchev–Trinajstić information content (AvgIpc) is 1.57. The molecule has 0 aromatic heterocycles. The van der Waals surface area contributed by atoms with Crippen LogP contribution < -0.4 is 68.3 Å². The number of anilines is 2. The molecule has 113 heavy (non-hydrogen) atoms. The summed E-state index contributed by atoms with van der Waals surface area (Å²) in [5.41, 5.74) is 49.7. The van der Waals surface area contributed by atoms with Crippen molar-refractivity contribution in [2.75, 3.05) is 18.1 Å². The summed E-state index contributed by atoms with van der Waals surface area (Å²) in [6.45, 7) is 12.0. The van der Waals surface area contributed by atoms with E-state index in [9.17, 15) is 10.1 Å². The molecule has 0 bridgehead atoms. The smallest absolute Gasteiger partial charge is 0.870 e. The van der Waals surface area contributed by atoms with Gasteiger partial charge in [0.15, 0.2) is 0 Å². The van der Waals surface area contributed by atoms with Gasteiger partial charge in [0.25, 0.3) is 11.7 Å². The molecule has 572 valence electrons. The number of nitrogen functional groups attached to an aromatic ring is 2. The zero-order chi connectivity index (χ0) is 80.0. The molecule has 13 aromatic rings. The Kier molecular flexibility index (Phi) is 35.3. The van der Waals surface area contributed by atoms with Crippen molar-refractivity contribution < 1.29 is 86.8 Å². The Labute approximate surface area is 781 Å². The molecule has 0 heterocycles. The first-order valence-corrected chi connectivity index (χ1v) is 44.7. The van der Waals surface area contributed by atoms with Crippen LogP contribution in [0.5, 0.6) is 0 Å². The molecule has 0 radical (unpaired) electrons. The fourth-order valence-corrected chi connectivity index (χ4v) is 19.0. The molecular weight excluding hydrogens is 2060 g/mol. The number of carbonyl (C=O) groups is 1. The van der Waals surface area contributed by atoms with Gasteiger partial charge in [-0.25, -0.2) is 0 Å². The Morgan fingerprint density at radius 1 is 0.451 bits per heavy atom. The second-order valence-electron chi connectivity index (χ2n) is 27.2. The zero-order valence-electron chi connectivity index (χ0n) is 63.2. The van der Waals surface area contributed by atoms with E-state index in [0.29, 0.717) is 0 Å². The summed E-state index contributed by atoms with van der Waals surface area (Å²) < 4.78 is 7.47. The number of hydrogen-bond acceptors (Lipinski definition) is 9. The Hall–Kier alpha value is -5.79. The van der Waals surface area contributed by atoms with E-state index in [1.807, 2.05) is 24.3 Å². The first-order valence-electron chi connectivity index (χ1n) is 35.7. The Morgan fingerprint density at radius 3 is 1.29 bits per heavy atom. The fraction of sp³-hybridized carbons (Fsp3) is 0.141. The number of nitrogens with two attached hydrogens (primary N) is 2. The van der Waals surface area contributed by atoms with Crippen LogP contribution in [0.4, 0.5) is 17.1 Å². The van der Waals surface area contributed by atoms with Crippen molar-refractivity contribution in [3.05, 3.63) is 368 Å². The van der Waals surface area contributed by atoms with Crippen LogP contribution in [0, 0.1) is 31.1 Å². The van der Waals surface area contributed by atoms with Gasteiger partial charge in [-0.15, -0.1) is 0 Å². The summed E-state index contributed by atoms with van der Waals surface area (Å²) in [7, 11) is -1.80. The summed E-state index contributed by atoms with van der Waals surface area (Å²) in [6.07, 6.45) is 5.20. The zero-order valence-corrected chi connectivity index (χ0v) is 80.1. The Morgan fingerprint density at radius 2 is 0.788 bits per heavy atom. The van der Waals surface area contributed by atoms with E-state index < -0.39 is 18.0 Å². The third-order valence-electron chi connectivity index (χ3n) is 19.9. The van der Waals surface area contributed by atoms with Crippen LogP contribution in [0.15, 0.2) is 273 Å². The molecule has 0 unspecified atom stereocenters. The number of nitrogens with zero attached hydrogens (tertiary/aromatic N) is 1. The van der Waals surface area contributed by atoms with E-state index in [0.717, 1.165) is 54.9 Å². The van der Waals surface area contributed by atoms with Crippen molar-refractivity contribution in [2.45, 2.75) is 79.1 Å². The fourth-order valence-electron chi connectivity index (χ4n) is 14.9. The molecule has 13 aromatic carbocycles. The van der Waals surface area contributed by atoms with Crippen LogP contribution in [-0.4, -0.2) is 50.4 Å². The van der Waals surface area contributed by atoms with Gasteiger partial charge in [0.1, 0.15) is 0 Å². The van der Waals surface area contributed by atoms with Crippen molar-refractivity contribution in [3.63, 3.8) is 0 Å². The SMILES string of the molecule is BrBr.Brc1ccc(I)c2c1-c1ccccc1C2.CC(=O)O.CC1(C)c2ccccc2-c2c(Br)ccc(I)c21.CCO.Cc1ccc(Br)c2c1Cc1ccccc1-2.Cc1cccc2c1Cc1ccccc1-2.Nc1ccc(Br)c2c1Cc1ccccc1-2.Nc1cccc2c1Cc1ccccc1-2.O=[N+]([O-])c1ccccc1B(O)O.[K+].[OH-]. The largest absolute Gasteiger partial charge is 1.00 e. The predicted molar refractivity (Wildman–Crippen MR) is 501 cm³/mol. The molecule has 6 aliphatic rings. The van der Waals surface area contributed by atoms with Crippen LogP contribution in [0.3, 0.4) is 0 Å². The number of halogens is 8. The van der Waals surface area contributed by atoms with Gasteiger partial charge in [-0.2, -0.15) is 0 Å². The first-order chi connectivity index (χ1) is 53.3. The van der Waals surface area contributed by atoms with Crippen LogP contribution in [0.2, 0.25) is 0 Å². The minimum absolute atomic E-state index is 0. The van der Waals surface area contributed by atoms with Crippen molar-refractivity contribution in [2.24, 2.45) is 0 Å². The summed E-state index contributed by atoms with van der Waals surface area (Å²) in [5, 5.41) is 42.7. The van der Waals surface area contributed by atoms with Gasteiger partial charge in [-0.1, -0.05) is 278 Å². The number of aliphatic carboxylic acids is 1. The number of carboxylic acids is 1. The first kappa shape index (κ1) is 92.7. The van der Waals surface area contributed by atoms with Gasteiger partial charge in [-0.3, -0.25) is 14.9 Å². The van der Waals surface area contributed by atoms with Gasteiger partial charge >= 0.3 is 58.5 Å². The van der Waals surface area contributed by atoms with Crippen molar-refractivity contribution in [1.82, 2.24) is 0 Å². The van der Waals surface area contributed by atoms with Gasteiger partial charge in [0.05, 0.1) is 10.4 Å². The number of nitro groups is 1. The monoisotopic (exact) mass is 2130 g/mol. The summed E-state index contributed by atoms with van der Waals surface area (Å²) in [4.78, 5) is 18.7. The molecule has 0 saturated heterocycles. The third kappa shape index (κ3) is 21.6. The third-order valence-corrected chi connectivity index (χ3v) is 24.5. The number of aliphatic hydroxyl groups is 1. The number of aryl methyl sites for hydroxylation is 2. The van der Waals surface area contributed by atoms with Gasteiger partial charge in [0, 0.05) is 119 Å². The summed E-state index contributed by atoms with van der Waals surface area (Å²) >= 11 is 25.0. The quantitative estimate of drug-likeness (QED) is 0.0316. The molecule has 19 rings (SSSR count). The summed E-state index contributed by atoms with van der Waals surface area (Å²) in [5.74, 6) is -0.833. The second-order valence-corrected chi connectivity index (χ2v) is 33.0. The number of para-hydroxylation sites is 1. The maximum Gasteiger partial charge on any atom is 1.00 e. The van der Waals surface area contributed by atoms with Gasteiger partial charge < -0.3 is 37.2 Å². The van der Waals surface area contributed by atoms with Gasteiger partial charge in [-0.05, 0) is 262 Å². The Bertz CT molecular complexity index is 5260. The minimum atomic E-state index is -1.80. The summed E-state index contributed by atoms with van der Waals surface area (Å²) in [6, 6.07) is 86.9. The number of benzene rings is 13. The molecule has 0 fully saturated rings. The number of nitro benzene ring substituents is 1. The molecule has 0 atom stereocenters. The normalized spacial score (nSPS) is 11.8. The molecule has 21 heteroatoms. The van der Waals surface area contributed by atoms with E-state index in [1.54, 1.807) is 6.92 Å². The van der Waals surface area contributed by atoms with E-state index in [-0.39, 0.29) is 80.0 Å². The number of carboxylic acid groups (broad SMARTS) is 1. The van der Waals surface area contributed by atoms with E-state index in [2.05, 4.69) is 371 Å². The molecule has 9 N–H and O–H groups in total. The second kappa shape index (κ2) is 43.1. The average molecular weight is 2140 g/mol. The standard InChI is InChI=1S/C15H12BrI.C14H11Br.C14H12.C13H8BrI.C13H10BrN.C13H11N.C6H6BNO4.C2H4O2.C2H6O.Br2.K.H2O/c1-15(2)10-6-4-3-5-9(10)13-11(16)7-8-12(17)14(13)15;1-9-6-7-13(15)14-11-5-3-2-4-10(11)8-12(9)14;1-10-5-4-8-13-12-7-3-2-6-11(12)9-14(10)13;2*14-11-5-6-12(15)10-7-8-3-1-2-4-9(8)13(10)11;14-13-7-3-6-11-10-5-2-1-4-9(10)8-12(11)13;9-7(10)5-3-1-2-4-6(5)8(11)12;1-2(3)4;1-2-3;1-2;;/h3-8H,1-2H3;2-7H,8H2,1H3;2-8H,9H2,1H3;1-6H,7H2;1-6H,7,15H2;1-7H,8,14H2;1-4,9-10H;1H3,(H,3,4);3H,2H2,1H3;;;1H2/q;;;;;;;;;;+1;/p-1. The van der Waals surface area contributed by atoms with Crippen LogP contribution in [0.1, 0.15) is 106 Å². The molecule has 0 aliphatic heterocycles. The molecule has 11 nitrogen and oxygen atoms in total. The Balaban J connectivity index is 0.000000162.